The van der Waals surface area contributed by atoms with Crippen LogP contribution in [0.5, 0.6) is 0 Å². The van der Waals surface area contributed by atoms with Gasteiger partial charge in [-0.2, -0.15) is 0 Å². The number of benzene rings is 2. The van der Waals surface area contributed by atoms with Gasteiger partial charge in [0.25, 0.3) is 5.91 Å². The Morgan fingerprint density at radius 3 is 2.50 bits per heavy atom. The van der Waals surface area contributed by atoms with E-state index in [1.165, 1.54) is 13.0 Å². The Hall–Kier alpha value is -2.78. The summed E-state index contributed by atoms with van der Waals surface area (Å²) >= 11 is 0. The van der Waals surface area contributed by atoms with E-state index < -0.39 is 21.7 Å². The summed E-state index contributed by atoms with van der Waals surface area (Å²) in [6.45, 7) is 3.86. The molecule has 0 spiro atoms. The summed E-state index contributed by atoms with van der Waals surface area (Å²) < 4.78 is 39.2. The van der Waals surface area contributed by atoms with Gasteiger partial charge >= 0.3 is 0 Å². The first kappa shape index (κ1) is 21.9. The highest BCUT2D eigenvalue weighted by Gasteiger charge is 2.29. The molecule has 1 unspecified atom stereocenters. The summed E-state index contributed by atoms with van der Waals surface area (Å²) in [7, 11) is -3.84. The van der Waals surface area contributed by atoms with Gasteiger partial charge in [-0.25, -0.2) is 12.8 Å². The molecular weight excluding hydrogens is 409 g/mol. The van der Waals surface area contributed by atoms with Gasteiger partial charge in [-0.1, -0.05) is 30.3 Å². The number of amides is 2. The molecule has 0 saturated carbocycles. The van der Waals surface area contributed by atoms with E-state index >= 15 is 0 Å². The molecule has 1 fully saturated rings. The number of sulfonamides is 1. The summed E-state index contributed by atoms with van der Waals surface area (Å²) in [6.07, 6.45) is 0.571. The molecular formula is C21H24FN3O4S. The smallest absolute Gasteiger partial charge is 0.269 e. The first-order chi connectivity index (χ1) is 14.2. The van der Waals surface area contributed by atoms with Crippen molar-refractivity contribution in [2.75, 3.05) is 18.8 Å². The SMILES string of the molecule is CC(=O)N1CCC(CS(=O)(=O)NNC(=O)c2cc(-c3ccccc3)cc(C)c2F)C1. The van der Waals surface area contributed by atoms with E-state index in [1.54, 1.807) is 17.9 Å². The Kier molecular flexibility index (Phi) is 6.52. The number of hydrazine groups is 1. The van der Waals surface area contributed by atoms with Gasteiger partial charge in [0.15, 0.2) is 0 Å². The zero-order valence-electron chi connectivity index (χ0n) is 16.8. The van der Waals surface area contributed by atoms with Crippen LogP contribution in [0.4, 0.5) is 4.39 Å². The van der Waals surface area contributed by atoms with Crippen molar-refractivity contribution in [2.24, 2.45) is 5.92 Å². The van der Waals surface area contributed by atoms with E-state index in [4.69, 9.17) is 0 Å². The highest BCUT2D eigenvalue weighted by atomic mass is 32.2. The highest BCUT2D eigenvalue weighted by molar-refractivity contribution is 7.89. The van der Waals surface area contributed by atoms with Crippen LogP contribution in [0.1, 0.15) is 29.3 Å². The van der Waals surface area contributed by atoms with Crippen LogP contribution in [-0.4, -0.2) is 44.0 Å². The molecule has 9 heteroatoms. The molecule has 1 aliphatic heterocycles. The fourth-order valence-electron chi connectivity index (χ4n) is 3.53. The first-order valence-corrected chi connectivity index (χ1v) is 11.2. The van der Waals surface area contributed by atoms with Crippen molar-refractivity contribution in [3.8, 4) is 11.1 Å². The molecule has 2 aromatic rings. The van der Waals surface area contributed by atoms with Crippen molar-refractivity contribution in [1.82, 2.24) is 15.2 Å². The fraction of sp³-hybridized carbons (Fsp3) is 0.333. The van der Waals surface area contributed by atoms with E-state index in [0.29, 0.717) is 25.1 Å². The molecule has 2 N–H and O–H groups in total. The van der Waals surface area contributed by atoms with E-state index in [-0.39, 0.29) is 28.7 Å². The van der Waals surface area contributed by atoms with Gasteiger partial charge in [-0.3, -0.25) is 15.0 Å². The number of nitrogens with one attached hydrogen (secondary N) is 2. The molecule has 2 aromatic carbocycles. The molecule has 0 aliphatic carbocycles. The second kappa shape index (κ2) is 8.93. The summed E-state index contributed by atoms with van der Waals surface area (Å²) in [5, 5.41) is 0. The molecule has 160 valence electrons. The number of hydrogen-bond donors (Lipinski definition) is 2. The van der Waals surface area contributed by atoms with Crippen LogP contribution in [0, 0.1) is 18.7 Å². The van der Waals surface area contributed by atoms with Crippen molar-refractivity contribution in [3.63, 3.8) is 0 Å². The lowest BCUT2D eigenvalue weighted by Crippen LogP contribution is -2.44. The monoisotopic (exact) mass is 433 g/mol. The van der Waals surface area contributed by atoms with Gasteiger partial charge in [0.05, 0.1) is 11.3 Å². The number of aryl methyl sites for hydroxylation is 1. The molecule has 1 aliphatic rings. The van der Waals surface area contributed by atoms with Crippen LogP contribution in [0.15, 0.2) is 42.5 Å². The third kappa shape index (κ3) is 5.22. The highest BCUT2D eigenvalue weighted by Crippen LogP contribution is 2.24. The lowest BCUT2D eigenvalue weighted by molar-refractivity contribution is -0.127. The predicted octanol–water partition coefficient (Wildman–Crippen LogP) is 2.23. The lowest BCUT2D eigenvalue weighted by atomic mass is 9.99. The molecule has 7 nitrogen and oxygen atoms in total. The van der Waals surface area contributed by atoms with Gasteiger partial charge in [0, 0.05) is 20.0 Å². The lowest BCUT2D eigenvalue weighted by Gasteiger charge is -2.15. The van der Waals surface area contributed by atoms with Crippen LogP contribution in [0.3, 0.4) is 0 Å². The van der Waals surface area contributed by atoms with Gasteiger partial charge in [-0.05, 0) is 48.1 Å². The van der Waals surface area contributed by atoms with Crippen molar-refractivity contribution < 1.29 is 22.4 Å². The number of halogens is 1. The number of hydrogen-bond acceptors (Lipinski definition) is 4. The Morgan fingerprint density at radius 1 is 1.17 bits per heavy atom. The predicted molar refractivity (Wildman–Crippen MR) is 111 cm³/mol. The van der Waals surface area contributed by atoms with Crippen LogP contribution < -0.4 is 10.3 Å². The molecule has 0 radical (unpaired) electrons. The van der Waals surface area contributed by atoms with Crippen molar-refractivity contribution in [1.29, 1.82) is 0 Å². The maximum Gasteiger partial charge on any atom is 0.269 e. The topological polar surface area (TPSA) is 95.6 Å². The molecule has 1 saturated heterocycles. The normalized spacial score (nSPS) is 16.5. The largest absolute Gasteiger partial charge is 0.343 e. The Bertz CT molecular complexity index is 1060. The number of carbonyl (C=O) groups is 2. The second-order valence-corrected chi connectivity index (χ2v) is 9.25. The quantitative estimate of drug-likeness (QED) is 0.683. The standard InChI is InChI=1S/C21H24FN3O4S/c1-14-10-18(17-6-4-3-5-7-17)11-19(20(14)22)21(27)23-24-30(28,29)13-16-8-9-25(12-16)15(2)26/h3-7,10-11,16,24H,8-9,12-13H2,1-2H3,(H,23,27). The summed E-state index contributed by atoms with van der Waals surface area (Å²) in [4.78, 5) is 27.5. The third-order valence-electron chi connectivity index (χ3n) is 5.11. The zero-order chi connectivity index (χ0) is 21.9. The van der Waals surface area contributed by atoms with Crippen LogP contribution >= 0.6 is 0 Å². The molecule has 3 rings (SSSR count). The van der Waals surface area contributed by atoms with Gasteiger partial charge in [0.1, 0.15) is 5.82 Å². The van der Waals surface area contributed by atoms with Gasteiger partial charge in [0.2, 0.25) is 15.9 Å². The van der Waals surface area contributed by atoms with E-state index in [1.807, 2.05) is 35.2 Å². The van der Waals surface area contributed by atoms with Crippen molar-refractivity contribution in [3.05, 3.63) is 59.4 Å². The minimum Gasteiger partial charge on any atom is -0.343 e. The van der Waals surface area contributed by atoms with Crippen LogP contribution in [0.2, 0.25) is 0 Å². The summed E-state index contributed by atoms with van der Waals surface area (Å²) in [5.74, 6) is -2.14. The van der Waals surface area contributed by atoms with Crippen LogP contribution in [-0.2, 0) is 14.8 Å². The van der Waals surface area contributed by atoms with Crippen molar-refractivity contribution in [2.45, 2.75) is 20.3 Å². The Labute approximate surface area is 175 Å². The van der Waals surface area contributed by atoms with Crippen LogP contribution in [0.25, 0.3) is 11.1 Å². The minimum absolute atomic E-state index is 0.0969. The molecule has 1 atom stereocenters. The molecule has 0 aromatic heterocycles. The molecule has 30 heavy (non-hydrogen) atoms. The number of rotatable bonds is 6. The second-order valence-electron chi connectivity index (χ2n) is 7.48. The number of nitrogens with zero attached hydrogens (tertiary/aromatic N) is 1. The maximum absolute atomic E-state index is 14.5. The molecule has 0 bridgehead atoms. The number of carbonyl (C=O) groups excluding carboxylic acids is 2. The fourth-order valence-corrected chi connectivity index (χ4v) is 4.75. The van der Waals surface area contributed by atoms with E-state index in [0.717, 1.165) is 5.56 Å². The van der Waals surface area contributed by atoms with Gasteiger partial charge in [-0.15, -0.1) is 4.83 Å². The van der Waals surface area contributed by atoms with E-state index in [9.17, 15) is 22.4 Å². The van der Waals surface area contributed by atoms with Gasteiger partial charge < -0.3 is 4.90 Å². The molecule has 1 heterocycles. The number of likely N-dealkylation sites (tertiary alicyclic amines) is 1. The van der Waals surface area contributed by atoms with Crippen molar-refractivity contribution >= 4 is 21.8 Å². The zero-order valence-corrected chi connectivity index (χ0v) is 17.6. The maximum atomic E-state index is 14.5. The minimum atomic E-state index is -3.84. The average Bonchev–Trinajstić information content (AvgIpc) is 3.17. The molecule has 2 amide bonds. The van der Waals surface area contributed by atoms with E-state index in [2.05, 4.69) is 5.43 Å². The Morgan fingerprint density at radius 2 is 1.87 bits per heavy atom. The summed E-state index contributed by atoms with van der Waals surface area (Å²) in [5.41, 5.74) is 3.59. The first-order valence-electron chi connectivity index (χ1n) is 9.57. The average molecular weight is 434 g/mol. The third-order valence-corrected chi connectivity index (χ3v) is 6.44. The Balaban J connectivity index is 1.68. The summed E-state index contributed by atoms with van der Waals surface area (Å²) in [6, 6.07) is 12.2.